The van der Waals surface area contributed by atoms with Crippen molar-refractivity contribution in [2.45, 2.75) is 6.92 Å². The number of esters is 1. The van der Waals surface area contributed by atoms with Crippen molar-refractivity contribution in [1.82, 2.24) is 0 Å². The van der Waals surface area contributed by atoms with E-state index in [2.05, 4.69) is 11.3 Å². The third kappa shape index (κ3) is 2.97. The summed E-state index contributed by atoms with van der Waals surface area (Å²) in [6.45, 7) is 4.72. The highest BCUT2D eigenvalue weighted by atomic mass is 19.2. The Morgan fingerprint density at radius 2 is 1.67 bits per heavy atom. The first-order chi connectivity index (χ1) is 9.91. The standard InChI is InChI=1S/C16H11F3O2/c1-9(2)16(20)21-13-8-7-11(14(18)15(13)19)10-5-3-4-6-12(10)17/h3-8H,1H2,2H3. The van der Waals surface area contributed by atoms with Crippen molar-refractivity contribution in [3.05, 3.63) is 66.0 Å². The molecule has 0 aliphatic heterocycles. The molecule has 0 radical (unpaired) electrons. The largest absolute Gasteiger partial charge is 0.420 e. The van der Waals surface area contributed by atoms with Crippen LogP contribution in [0.1, 0.15) is 6.92 Å². The predicted molar refractivity (Wildman–Crippen MR) is 72.2 cm³/mol. The number of rotatable bonds is 3. The van der Waals surface area contributed by atoms with Crippen LogP contribution in [0.25, 0.3) is 11.1 Å². The summed E-state index contributed by atoms with van der Waals surface area (Å²) in [6.07, 6.45) is 0. The summed E-state index contributed by atoms with van der Waals surface area (Å²) in [5.74, 6) is -4.76. The van der Waals surface area contributed by atoms with E-state index in [0.29, 0.717) is 0 Å². The van der Waals surface area contributed by atoms with Crippen LogP contribution in [0, 0.1) is 17.5 Å². The van der Waals surface area contributed by atoms with Crippen LogP contribution in [0.3, 0.4) is 0 Å². The summed E-state index contributed by atoms with van der Waals surface area (Å²) < 4.78 is 46.2. The number of ether oxygens (including phenoxy) is 1. The van der Waals surface area contributed by atoms with E-state index in [9.17, 15) is 18.0 Å². The predicted octanol–water partition coefficient (Wildman–Crippen LogP) is 4.25. The van der Waals surface area contributed by atoms with Crippen molar-refractivity contribution in [3.8, 4) is 16.9 Å². The normalized spacial score (nSPS) is 10.3. The minimum Gasteiger partial charge on any atom is -0.420 e. The lowest BCUT2D eigenvalue weighted by Crippen LogP contribution is -2.10. The Bertz CT molecular complexity index is 723. The Kier molecular flexibility index (Phi) is 4.12. The molecule has 0 aliphatic rings. The van der Waals surface area contributed by atoms with E-state index < -0.39 is 29.2 Å². The zero-order chi connectivity index (χ0) is 15.6. The maximum atomic E-state index is 14.0. The molecule has 21 heavy (non-hydrogen) atoms. The van der Waals surface area contributed by atoms with E-state index >= 15 is 0 Å². The molecule has 0 unspecified atom stereocenters. The molecule has 0 aliphatic carbocycles. The van der Waals surface area contributed by atoms with Gasteiger partial charge in [-0.15, -0.1) is 0 Å². The lowest BCUT2D eigenvalue weighted by atomic mass is 10.0. The highest BCUT2D eigenvalue weighted by Gasteiger charge is 2.19. The summed E-state index contributed by atoms with van der Waals surface area (Å²) in [7, 11) is 0. The van der Waals surface area contributed by atoms with Gasteiger partial charge in [-0.2, -0.15) is 4.39 Å². The number of halogens is 3. The van der Waals surface area contributed by atoms with Crippen molar-refractivity contribution in [2.75, 3.05) is 0 Å². The Balaban J connectivity index is 2.45. The molecule has 0 saturated heterocycles. The highest BCUT2D eigenvalue weighted by Crippen LogP contribution is 2.31. The zero-order valence-electron chi connectivity index (χ0n) is 11.1. The van der Waals surface area contributed by atoms with Crippen molar-refractivity contribution in [1.29, 1.82) is 0 Å². The molecule has 0 bridgehead atoms. The summed E-state index contributed by atoms with van der Waals surface area (Å²) in [5.41, 5.74) is -0.277. The Morgan fingerprint density at radius 1 is 1.00 bits per heavy atom. The Morgan fingerprint density at radius 3 is 2.29 bits per heavy atom. The van der Waals surface area contributed by atoms with Gasteiger partial charge in [0.05, 0.1) is 0 Å². The van der Waals surface area contributed by atoms with Crippen molar-refractivity contribution >= 4 is 5.97 Å². The molecule has 0 atom stereocenters. The van der Waals surface area contributed by atoms with E-state index in [4.69, 9.17) is 0 Å². The van der Waals surface area contributed by atoms with E-state index in [1.54, 1.807) is 0 Å². The van der Waals surface area contributed by atoms with Crippen molar-refractivity contribution < 1.29 is 22.7 Å². The van der Waals surface area contributed by atoms with E-state index in [0.717, 1.165) is 18.2 Å². The van der Waals surface area contributed by atoms with Gasteiger partial charge in [-0.1, -0.05) is 24.8 Å². The van der Waals surface area contributed by atoms with Crippen LogP contribution in [-0.2, 0) is 4.79 Å². The first-order valence-electron chi connectivity index (χ1n) is 6.02. The van der Waals surface area contributed by atoms with Crippen LogP contribution in [0.5, 0.6) is 5.75 Å². The van der Waals surface area contributed by atoms with Gasteiger partial charge in [0.2, 0.25) is 5.82 Å². The molecule has 2 rings (SSSR count). The monoisotopic (exact) mass is 292 g/mol. The van der Waals surface area contributed by atoms with Gasteiger partial charge in [-0.25, -0.2) is 13.6 Å². The summed E-state index contributed by atoms with van der Waals surface area (Å²) in [6, 6.07) is 7.63. The Hall–Kier alpha value is -2.56. The van der Waals surface area contributed by atoms with E-state index in [1.807, 2.05) is 0 Å². The molecule has 2 aromatic carbocycles. The minimum absolute atomic E-state index is 0.0491. The maximum Gasteiger partial charge on any atom is 0.338 e. The molecule has 0 amide bonds. The molecule has 5 heteroatoms. The Labute approximate surface area is 119 Å². The molecule has 108 valence electrons. The average Bonchev–Trinajstić information content (AvgIpc) is 2.45. The number of benzene rings is 2. The maximum absolute atomic E-state index is 14.0. The van der Waals surface area contributed by atoms with Gasteiger partial charge < -0.3 is 4.74 Å². The second kappa shape index (κ2) is 5.83. The molecule has 0 saturated carbocycles. The van der Waals surface area contributed by atoms with Gasteiger partial charge in [0, 0.05) is 16.7 Å². The van der Waals surface area contributed by atoms with Crippen LogP contribution in [-0.4, -0.2) is 5.97 Å². The third-order valence-corrected chi connectivity index (χ3v) is 2.76. The van der Waals surface area contributed by atoms with Crippen LogP contribution < -0.4 is 4.74 Å². The van der Waals surface area contributed by atoms with Crippen molar-refractivity contribution in [3.63, 3.8) is 0 Å². The lowest BCUT2D eigenvalue weighted by molar-refractivity contribution is -0.130. The SMILES string of the molecule is C=C(C)C(=O)Oc1ccc(-c2ccccc2F)c(F)c1F. The number of carbonyl (C=O) groups is 1. The second-order valence-electron chi connectivity index (χ2n) is 4.39. The summed E-state index contributed by atoms with van der Waals surface area (Å²) in [5, 5.41) is 0. The second-order valence-corrected chi connectivity index (χ2v) is 4.39. The molecular formula is C16H11F3O2. The van der Waals surface area contributed by atoms with Crippen LogP contribution in [0.15, 0.2) is 48.6 Å². The molecule has 0 N–H and O–H groups in total. The fraction of sp³-hybridized carbons (Fsp3) is 0.0625. The van der Waals surface area contributed by atoms with E-state index in [1.165, 1.54) is 25.1 Å². The van der Waals surface area contributed by atoms with Crippen molar-refractivity contribution in [2.24, 2.45) is 0 Å². The first-order valence-corrected chi connectivity index (χ1v) is 6.02. The summed E-state index contributed by atoms with van der Waals surface area (Å²) >= 11 is 0. The molecule has 0 heterocycles. The first kappa shape index (κ1) is 14.8. The smallest absolute Gasteiger partial charge is 0.338 e. The summed E-state index contributed by atoms with van der Waals surface area (Å²) in [4.78, 5) is 11.3. The fourth-order valence-corrected chi connectivity index (χ4v) is 1.69. The molecule has 0 spiro atoms. The lowest BCUT2D eigenvalue weighted by Gasteiger charge is -2.09. The highest BCUT2D eigenvalue weighted by molar-refractivity contribution is 5.88. The van der Waals surface area contributed by atoms with Gasteiger partial charge >= 0.3 is 5.97 Å². The topological polar surface area (TPSA) is 26.3 Å². The third-order valence-electron chi connectivity index (χ3n) is 2.76. The molecule has 2 nitrogen and oxygen atoms in total. The van der Waals surface area contributed by atoms with E-state index in [-0.39, 0.29) is 16.7 Å². The molecule has 0 aromatic heterocycles. The van der Waals surface area contributed by atoms with Gasteiger partial charge in [-0.05, 0) is 25.1 Å². The van der Waals surface area contributed by atoms with Crippen LogP contribution in [0.2, 0.25) is 0 Å². The quantitative estimate of drug-likeness (QED) is 0.480. The number of hydrogen-bond acceptors (Lipinski definition) is 2. The minimum atomic E-state index is -1.36. The number of hydrogen-bond donors (Lipinski definition) is 0. The van der Waals surface area contributed by atoms with Gasteiger partial charge in [0.1, 0.15) is 5.82 Å². The molecule has 0 fully saturated rings. The fourth-order valence-electron chi connectivity index (χ4n) is 1.69. The van der Waals surface area contributed by atoms with Crippen LogP contribution in [0.4, 0.5) is 13.2 Å². The molecule has 2 aromatic rings. The zero-order valence-corrected chi connectivity index (χ0v) is 11.1. The average molecular weight is 292 g/mol. The van der Waals surface area contributed by atoms with Crippen LogP contribution >= 0.6 is 0 Å². The van der Waals surface area contributed by atoms with Gasteiger partial charge in [-0.3, -0.25) is 0 Å². The van der Waals surface area contributed by atoms with Gasteiger partial charge in [0.25, 0.3) is 0 Å². The van der Waals surface area contributed by atoms with Gasteiger partial charge in [0.15, 0.2) is 11.6 Å². The number of carbonyl (C=O) groups excluding carboxylic acids is 1. The molecular weight excluding hydrogens is 281 g/mol.